The number of hydrogen-bond acceptors (Lipinski definition) is 3. The molecule has 0 spiro atoms. The lowest BCUT2D eigenvalue weighted by Gasteiger charge is -1.86. The molecule has 0 atom stereocenters. The molecule has 0 rings (SSSR count). The summed E-state index contributed by atoms with van der Waals surface area (Å²) in [5.74, 6) is -1.71. The molecule has 0 aliphatic carbocycles. The first-order valence-electron chi connectivity index (χ1n) is 1.62. The zero-order chi connectivity index (χ0) is 5.86. The van der Waals surface area contributed by atoms with Crippen molar-refractivity contribution in [3.05, 3.63) is 24.4 Å². The fourth-order valence-corrected chi connectivity index (χ4v) is 0.0913. The van der Waals surface area contributed by atoms with E-state index in [4.69, 9.17) is 15.3 Å². The molecule has 0 heterocycles. The van der Waals surface area contributed by atoms with Gasteiger partial charge in [-0.1, -0.05) is 6.58 Å². The van der Waals surface area contributed by atoms with Crippen LogP contribution in [0.2, 0.25) is 0 Å². The van der Waals surface area contributed by atoms with E-state index in [1.54, 1.807) is 0 Å². The van der Waals surface area contributed by atoms with Crippen LogP contribution in [0.4, 0.5) is 0 Å². The molecule has 0 aliphatic heterocycles. The maximum Gasteiger partial charge on any atom is 0.318 e. The van der Waals surface area contributed by atoms with E-state index in [0.29, 0.717) is 0 Å². The first-order chi connectivity index (χ1) is 3.18. The summed E-state index contributed by atoms with van der Waals surface area (Å²) in [5, 5.41) is 24.1. The standard InChI is InChI=1S/C4H6O3/c1-2-3(5)4(6)7/h2,5-7H,1H2. The summed E-state index contributed by atoms with van der Waals surface area (Å²) >= 11 is 0. The molecular formula is C4H6O3. The van der Waals surface area contributed by atoms with Gasteiger partial charge in [0.2, 0.25) is 0 Å². The molecule has 40 valence electrons. The molecule has 3 heteroatoms. The van der Waals surface area contributed by atoms with Crippen LogP contribution in [-0.4, -0.2) is 15.3 Å². The highest BCUT2D eigenvalue weighted by Crippen LogP contribution is 1.90. The van der Waals surface area contributed by atoms with Gasteiger partial charge in [0.15, 0.2) is 5.76 Å². The predicted octanol–water partition coefficient (Wildman–Crippen LogP) is 1.02. The molecule has 0 aromatic carbocycles. The van der Waals surface area contributed by atoms with Crippen LogP contribution in [-0.2, 0) is 0 Å². The lowest BCUT2D eigenvalue weighted by atomic mass is 10.5. The van der Waals surface area contributed by atoms with Gasteiger partial charge in [-0.2, -0.15) is 0 Å². The largest absolute Gasteiger partial charge is 0.502 e. The van der Waals surface area contributed by atoms with Gasteiger partial charge in [0.1, 0.15) is 0 Å². The van der Waals surface area contributed by atoms with Gasteiger partial charge in [-0.15, -0.1) is 0 Å². The Hall–Kier alpha value is -1.12. The van der Waals surface area contributed by atoms with Gasteiger partial charge >= 0.3 is 5.95 Å². The fraction of sp³-hybridized carbons (Fsp3) is 0. The van der Waals surface area contributed by atoms with Gasteiger partial charge in [0.25, 0.3) is 0 Å². The SMILES string of the molecule is C=CC(O)=C(O)O. The van der Waals surface area contributed by atoms with E-state index in [1.165, 1.54) is 0 Å². The minimum absolute atomic E-state index is 0.611. The average molecular weight is 102 g/mol. The molecule has 0 unspecified atom stereocenters. The molecule has 7 heavy (non-hydrogen) atoms. The third kappa shape index (κ3) is 1.70. The van der Waals surface area contributed by atoms with Gasteiger partial charge in [-0.05, 0) is 6.08 Å². The highest BCUT2D eigenvalue weighted by molar-refractivity contribution is 5.05. The summed E-state index contributed by atoms with van der Waals surface area (Å²) in [6, 6.07) is 0. The van der Waals surface area contributed by atoms with Crippen LogP contribution in [0, 0.1) is 0 Å². The van der Waals surface area contributed by atoms with Crippen LogP contribution < -0.4 is 0 Å². The average Bonchev–Trinajstić information content (AvgIpc) is 1.65. The van der Waals surface area contributed by atoms with Crippen LogP contribution in [0.5, 0.6) is 0 Å². The maximum absolute atomic E-state index is 8.20. The molecule has 0 amide bonds. The van der Waals surface area contributed by atoms with E-state index >= 15 is 0 Å². The van der Waals surface area contributed by atoms with Crippen molar-refractivity contribution in [2.24, 2.45) is 0 Å². The fourth-order valence-electron chi connectivity index (χ4n) is 0.0913. The van der Waals surface area contributed by atoms with Crippen LogP contribution in [0.3, 0.4) is 0 Å². The molecule has 3 nitrogen and oxygen atoms in total. The molecule has 0 aromatic rings. The summed E-state index contributed by atoms with van der Waals surface area (Å²) in [6.07, 6.45) is 0.926. The van der Waals surface area contributed by atoms with Crippen molar-refractivity contribution < 1.29 is 15.3 Å². The third-order valence-corrected chi connectivity index (χ3v) is 0.422. The molecule has 0 bridgehead atoms. The lowest BCUT2D eigenvalue weighted by molar-refractivity contribution is 0.163. The van der Waals surface area contributed by atoms with Crippen molar-refractivity contribution in [1.82, 2.24) is 0 Å². The Bertz CT molecular complexity index is 99.5. The highest BCUT2D eigenvalue weighted by Gasteiger charge is 1.90. The predicted molar refractivity (Wildman–Crippen MR) is 25.1 cm³/mol. The summed E-state index contributed by atoms with van der Waals surface area (Å²) in [7, 11) is 0. The Morgan fingerprint density at radius 3 is 1.71 bits per heavy atom. The Morgan fingerprint density at radius 2 is 1.71 bits per heavy atom. The van der Waals surface area contributed by atoms with Crippen LogP contribution >= 0.6 is 0 Å². The van der Waals surface area contributed by atoms with Gasteiger partial charge < -0.3 is 15.3 Å². The summed E-state index contributed by atoms with van der Waals surface area (Å²) < 4.78 is 0. The molecule has 0 saturated carbocycles. The Balaban J connectivity index is 3.98. The molecule has 3 N–H and O–H groups in total. The highest BCUT2D eigenvalue weighted by atomic mass is 16.5. The number of allylic oxidation sites excluding steroid dienone is 1. The zero-order valence-corrected chi connectivity index (χ0v) is 3.63. The quantitative estimate of drug-likeness (QED) is 0.342. The van der Waals surface area contributed by atoms with Crippen LogP contribution in [0.1, 0.15) is 0 Å². The first-order valence-corrected chi connectivity index (χ1v) is 1.62. The number of hydrogen-bond donors (Lipinski definition) is 3. The second-order valence-corrected chi connectivity index (χ2v) is 0.913. The van der Waals surface area contributed by atoms with Crippen molar-refractivity contribution in [3.63, 3.8) is 0 Å². The first kappa shape index (κ1) is 5.88. The van der Waals surface area contributed by atoms with E-state index in [9.17, 15) is 0 Å². The normalized spacial score (nSPS) is 7.43. The number of aliphatic hydroxyl groups is 3. The van der Waals surface area contributed by atoms with E-state index < -0.39 is 11.7 Å². The van der Waals surface area contributed by atoms with Crippen LogP contribution in [0.15, 0.2) is 24.4 Å². The Morgan fingerprint density at radius 1 is 1.29 bits per heavy atom. The molecule has 0 saturated heterocycles. The third-order valence-electron chi connectivity index (χ3n) is 0.422. The summed E-state index contributed by atoms with van der Waals surface area (Å²) in [5.41, 5.74) is 0. The Labute approximate surface area is 40.8 Å². The van der Waals surface area contributed by atoms with Crippen molar-refractivity contribution in [2.45, 2.75) is 0 Å². The topological polar surface area (TPSA) is 60.7 Å². The second-order valence-electron chi connectivity index (χ2n) is 0.913. The van der Waals surface area contributed by atoms with Gasteiger partial charge in [0.05, 0.1) is 0 Å². The summed E-state index contributed by atoms with van der Waals surface area (Å²) in [6.45, 7) is 3.05. The van der Waals surface area contributed by atoms with E-state index in [1.807, 2.05) is 0 Å². The van der Waals surface area contributed by atoms with Crippen molar-refractivity contribution in [3.8, 4) is 0 Å². The maximum atomic E-state index is 8.20. The number of aliphatic hydroxyl groups excluding tert-OH is 2. The lowest BCUT2D eigenvalue weighted by Crippen LogP contribution is -1.82. The Kier molecular flexibility index (Phi) is 1.78. The molecule has 0 aliphatic rings. The molecular weight excluding hydrogens is 96.0 g/mol. The molecule has 0 radical (unpaired) electrons. The van der Waals surface area contributed by atoms with Gasteiger partial charge in [-0.3, -0.25) is 0 Å². The van der Waals surface area contributed by atoms with Crippen molar-refractivity contribution in [1.29, 1.82) is 0 Å². The molecule has 0 fully saturated rings. The second kappa shape index (κ2) is 2.12. The minimum atomic E-state index is -1.10. The van der Waals surface area contributed by atoms with E-state index in [0.717, 1.165) is 6.08 Å². The van der Waals surface area contributed by atoms with Crippen molar-refractivity contribution in [2.75, 3.05) is 0 Å². The molecule has 0 aromatic heterocycles. The monoisotopic (exact) mass is 102 g/mol. The smallest absolute Gasteiger partial charge is 0.318 e. The summed E-state index contributed by atoms with van der Waals surface area (Å²) in [4.78, 5) is 0. The van der Waals surface area contributed by atoms with E-state index in [-0.39, 0.29) is 0 Å². The van der Waals surface area contributed by atoms with Crippen molar-refractivity contribution >= 4 is 0 Å². The van der Waals surface area contributed by atoms with Gasteiger partial charge in [0, 0.05) is 0 Å². The van der Waals surface area contributed by atoms with Gasteiger partial charge in [-0.25, -0.2) is 0 Å². The van der Waals surface area contributed by atoms with Crippen LogP contribution in [0.25, 0.3) is 0 Å². The minimum Gasteiger partial charge on any atom is -0.502 e. The number of rotatable bonds is 1. The zero-order valence-electron chi connectivity index (χ0n) is 3.63. The van der Waals surface area contributed by atoms with E-state index in [2.05, 4.69) is 6.58 Å².